The maximum absolute atomic E-state index is 6.01. The van der Waals surface area contributed by atoms with E-state index in [0.29, 0.717) is 6.61 Å². The van der Waals surface area contributed by atoms with Gasteiger partial charge in [-0.25, -0.2) is 0 Å². The Labute approximate surface area is 149 Å². The van der Waals surface area contributed by atoms with Gasteiger partial charge < -0.3 is 15.0 Å². The molecule has 1 aromatic carbocycles. The maximum atomic E-state index is 6.01. The Hall–Kier alpha value is -2.34. The number of rotatable bonds is 5. The van der Waals surface area contributed by atoms with Crippen molar-refractivity contribution in [3.8, 4) is 0 Å². The number of guanidine groups is 1. The molecule has 1 atom stereocenters. The fourth-order valence-corrected chi connectivity index (χ4v) is 3.18. The van der Waals surface area contributed by atoms with E-state index < -0.39 is 0 Å². The number of aliphatic imine (C=N–C) groups is 1. The third kappa shape index (κ3) is 4.60. The van der Waals surface area contributed by atoms with Crippen LogP contribution in [0.4, 0.5) is 0 Å². The molecular weight excluding hydrogens is 314 g/mol. The van der Waals surface area contributed by atoms with E-state index in [9.17, 15) is 0 Å². The summed E-state index contributed by atoms with van der Waals surface area (Å²) in [7, 11) is 1.84. The predicted octanol–water partition coefficient (Wildman–Crippen LogP) is 2.23. The minimum absolute atomic E-state index is 0.0950. The standard InChI is InChI=1S/C19H27N5O/c1-16-7-3-4-8-17(16)18-15-23(13-14-25-18)19(20-2)21-9-5-11-24-12-6-10-22-24/h3-4,6-8,10,12,18H,5,9,11,13-15H2,1-2H3,(H,20,21). The van der Waals surface area contributed by atoms with Crippen LogP contribution >= 0.6 is 0 Å². The van der Waals surface area contributed by atoms with Gasteiger partial charge in [0.1, 0.15) is 6.10 Å². The highest BCUT2D eigenvalue weighted by Crippen LogP contribution is 2.24. The Morgan fingerprint density at radius 1 is 1.36 bits per heavy atom. The zero-order valence-corrected chi connectivity index (χ0v) is 15.1. The number of nitrogens with one attached hydrogen (secondary N) is 1. The summed E-state index contributed by atoms with van der Waals surface area (Å²) in [6.45, 7) is 6.32. The van der Waals surface area contributed by atoms with Gasteiger partial charge in [-0.05, 0) is 30.5 Å². The molecular formula is C19H27N5O. The first-order chi connectivity index (χ1) is 12.3. The van der Waals surface area contributed by atoms with E-state index in [2.05, 4.69) is 51.5 Å². The van der Waals surface area contributed by atoms with Crippen molar-refractivity contribution >= 4 is 5.96 Å². The van der Waals surface area contributed by atoms with E-state index >= 15 is 0 Å². The molecule has 0 saturated carbocycles. The van der Waals surface area contributed by atoms with E-state index in [1.54, 1.807) is 0 Å². The van der Waals surface area contributed by atoms with Crippen LogP contribution in [0.15, 0.2) is 47.7 Å². The summed E-state index contributed by atoms with van der Waals surface area (Å²) < 4.78 is 7.96. The molecule has 2 aromatic rings. The average molecular weight is 341 g/mol. The first-order valence-corrected chi connectivity index (χ1v) is 8.88. The SMILES string of the molecule is CN=C(NCCCn1cccn1)N1CCOC(c2ccccc2C)C1. The lowest BCUT2D eigenvalue weighted by Gasteiger charge is -2.35. The Kier molecular flexibility index (Phi) is 6.06. The summed E-state index contributed by atoms with van der Waals surface area (Å²) in [5.74, 6) is 0.947. The van der Waals surface area contributed by atoms with Gasteiger partial charge in [0.15, 0.2) is 5.96 Å². The summed E-state index contributed by atoms with van der Waals surface area (Å²) in [6.07, 6.45) is 4.90. The molecule has 3 rings (SSSR count). The number of morpholine rings is 1. The van der Waals surface area contributed by atoms with Gasteiger partial charge in [-0.2, -0.15) is 5.10 Å². The van der Waals surface area contributed by atoms with Crippen LogP contribution < -0.4 is 5.32 Å². The molecule has 1 N–H and O–H groups in total. The minimum Gasteiger partial charge on any atom is -0.370 e. The van der Waals surface area contributed by atoms with Gasteiger partial charge in [0.25, 0.3) is 0 Å². The van der Waals surface area contributed by atoms with E-state index in [-0.39, 0.29) is 6.10 Å². The fraction of sp³-hybridized carbons (Fsp3) is 0.474. The van der Waals surface area contributed by atoms with Crippen molar-refractivity contribution in [2.75, 3.05) is 33.3 Å². The number of aryl methyl sites for hydroxylation is 2. The van der Waals surface area contributed by atoms with Gasteiger partial charge in [-0.15, -0.1) is 0 Å². The molecule has 0 amide bonds. The van der Waals surface area contributed by atoms with Gasteiger partial charge in [-0.1, -0.05) is 24.3 Å². The molecule has 0 aliphatic carbocycles. The van der Waals surface area contributed by atoms with Crippen LogP contribution in [0.25, 0.3) is 0 Å². The summed E-state index contributed by atoms with van der Waals surface area (Å²) >= 11 is 0. The molecule has 134 valence electrons. The van der Waals surface area contributed by atoms with Crippen LogP contribution in [0.5, 0.6) is 0 Å². The zero-order chi connectivity index (χ0) is 17.5. The molecule has 0 bridgehead atoms. The molecule has 1 aromatic heterocycles. The largest absolute Gasteiger partial charge is 0.370 e. The number of ether oxygens (including phenoxy) is 1. The lowest BCUT2D eigenvalue weighted by Crippen LogP contribution is -2.48. The summed E-state index contributed by atoms with van der Waals surface area (Å²) in [5, 5.41) is 7.69. The number of hydrogen-bond acceptors (Lipinski definition) is 3. The fourth-order valence-electron chi connectivity index (χ4n) is 3.18. The van der Waals surface area contributed by atoms with Crippen molar-refractivity contribution in [1.29, 1.82) is 0 Å². The lowest BCUT2D eigenvalue weighted by molar-refractivity contribution is -0.00831. The Bertz CT molecular complexity index is 683. The Morgan fingerprint density at radius 2 is 2.24 bits per heavy atom. The predicted molar refractivity (Wildman–Crippen MR) is 99.7 cm³/mol. The monoisotopic (exact) mass is 341 g/mol. The molecule has 2 heterocycles. The second-order valence-corrected chi connectivity index (χ2v) is 6.26. The second kappa shape index (κ2) is 8.67. The highest BCUT2D eigenvalue weighted by molar-refractivity contribution is 5.80. The number of nitrogens with zero attached hydrogens (tertiary/aromatic N) is 4. The topological polar surface area (TPSA) is 54.7 Å². The van der Waals surface area contributed by atoms with E-state index in [1.807, 2.05) is 30.2 Å². The molecule has 1 saturated heterocycles. The van der Waals surface area contributed by atoms with Gasteiger partial charge in [0, 0.05) is 39.1 Å². The number of aromatic nitrogens is 2. The van der Waals surface area contributed by atoms with E-state index in [1.165, 1.54) is 11.1 Å². The van der Waals surface area contributed by atoms with Crippen LogP contribution in [-0.2, 0) is 11.3 Å². The highest BCUT2D eigenvalue weighted by atomic mass is 16.5. The van der Waals surface area contributed by atoms with Crippen molar-refractivity contribution in [3.05, 3.63) is 53.9 Å². The Balaban J connectivity index is 1.53. The van der Waals surface area contributed by atoms with Crippen molar-refractivity contribution in [3.63, 3.8) is 0 Å². The number of benzene rings is 1. The molecule has 0 radical (unpaired) electrons. The summed E-state index contributed by atoms with van der Waals surface area (Å²) in [5.41, 5.74) is 2.54. The van der Waals surface area contributed by atoms with Crippen molar-refractivity contribution < 1.29 is 4.74 Å². The van der Waals surface area contributed by atoms with Crippen molar-refractivity contribution in [2.45, 2.75) is 26.0 Å². The molecule has 1 unspecified atom stereocenters. The maximum Gasteiger partial charge on any atom is 0.193 e. The molecule has 1 aliphatic heterocycles. The van der Waals surface area contributed by atoms with Crippen LogP contribution in [0, 0.1) is 6.92 Å². The van der Waals surface area contributed by atoms with E-state index in [4.69, 9.17) is 4.74 Å². The van der Waals surface area contributed by atoms with Gasteiger partial charge >= 0.3 is 0 Å². The second-order valence-electron chi connectivity index (χ2n) is 6.26. The molecule has 1 aliphatic rings. The third-order valence-electron chi connectivity index (χ3n) is 4.52. The molecule has 6 heteroatoms. The van der Waals surface area contributed by atoms with Gasteiger partial charge in [-0.3, -0.25) is 9.67 Å². The van der Waals surface area contributed by atoms with Gasteiger partial charge in [0.2, 0.25) is 0 Å². The zero-order valence-electron chi connectivity index (χ0n) is 15.1. The van der Waals surface area contributed by atoms with Crippen LogP contribution in [0.2, 0.25) is 0 Å². The van der Waals surface area contributed by atoms with Crippen LogP contribution in [0.1, 0.15) is 23.7 Å². The number of hydrogen-bond donors (Lipinski definition) is 1. The third-order valence-corrected chi connectivity index (χ3v) is 4.52. The van der Waals surface area contributed by atoms with Crippen LogP contribution in [-0.4, -0.2) is 53.9 Å². The Morgan fingerprint density at radius 3 is 3.00 bits per heavy atom. The minimum atomic E-state index is 0.0950. The van der Waals surface area contributed by atoms with Crippen molar-refractivity contribution in [1.82, 2.24) is 20.0 Å². The summed E-state index contributed by atoms with van der Waals surface area (Å²) in [4.78, 5) is 6.74. The highest BCUT2D eigenvalue weighted by Gasteiger charge is 2.24. The van der Waals surface area contributed by atoms with Crippen molar-refractivity contribution in [2.24, 2.45) is 4.99 Å². The smallest absolute Gasteiger partial charge is 0.193 e. The molecule has 25 heavy (non-hydrogen) atoms. The normalized spacial score (nSPS) is 18.4. The first kappa shape index (κ1) is 17.5. The van der Waals surface area contributed by atoms with E-state index in [0.717, 1.165) is 38.6 Å². The molecule has 0 spiro atoms. The molecule has 6 nitrogen and oxygen atoms in total. The van der Waals surface area contributed by atoms with Gasteiger partial charge in [0.05, 0.1) is 13.2 Å². The quantitative estimate of drug-likeness (QED) is 0.515. The first-order valence-electron chi connectivity index (χ1n) is 8.88. The average Bonchev–Trinajstić information content (AvgIpc) is 3.16. The molecule has 1 fully saturated rings. The lowest BCUT2D eigenvalue weighted by atomic mass is 10.0. The van der Waals surface area contributed by atoms with Crippen LogP contribution in [0.3, 0.4) is 0 Å². The summed E-state index contributed by atoms with van der Waals surface area (Å²) in [6, 6.07) is 10.4.